The van der Waals surface area contributed by atoms with Crippen LogP contribution in [0.5, 0.6) is 11.5 Å². The van der Waals surface area contributed by atoms with Gasteiger partial charge < -0.3 is 25.4 Å². The summed E-state index contributed by atoms with van der Waals surface area (Å²) in [6.45, 7) is 4.61. The predicted molar refractivity (Wildman–Crippen MR) is 146 cm³/mol. The van der Waals surface area contributed by atoms with Gasteiger partial charge in [0.1, 0.15) is 28.8 Å². The normalized spacial score (nSPS) is 17.2. The Labute approximate surface area is 221 Å². The van der Waals surface area contributed by atoms with Gasteiger partial charge in [-0.15, -0.1) is 11.3 Å². The van der Waals surface area contributed by atoms with E-state index in [2.05, 4.69) is 46.9 Å². The maximum atomic E-state index is 13.0. The number of carbonyl (C=O) groups excluding carboxylic acids is 2. The van der Waals surface area contributed by atoms with E-state index < -0.39 is 0 Å². The maximum absolute atomic E-state index is 13.0. The first-order valence-corrected chi connectivity index (χ1v) is 13.5. The van der Waals surface area contributed by atoms with Crippen LogP contribution in [0.25, 0.3) is 0 Å². The lowest BCUT2D eigenvalue weighted by atomic mass is 9.90. The lowest BCUT2D eigenvalue weighted by Crippen LogP contribution is -2.54. The average Bonchev–Trinajstić information content (AvgIpc) is 3.38. The molecule has 2 atom stereocenters. The molecule has 1 fully saturated rings. The highest BCUT2D eigenvalue weighted by Crippen LogP contribution is 2.24. The van der Waals surface area contributed by atoms with Crippen LogP contribution in [0.4, 0.5) is 10.5 Å². The Bertz CT molecular complexity index is 1190. The molecule has 0 aliphatic heterocycles. The molecule has 1 heterocycles. The summed E-state index contributed by atoms with van der Waals surface area (Å²) >= 11 is 1.39. The minimum Gasteiger partial charge on any atom is -0.495 e. The van der Waals surface area contributed by atoms with Gasteiger partial charge in [0.05, 0.1) is 18.8 Å². The minimum absolute atomic E-state index is 0.175. The highest BCUT2D eigenvalue weighted by atomic mass is 32.1. The zero-order valence-electron chi connectivity index (χ0n) is 21.5. The number of ether oxygens (including phenoxy) is 2. The van der Waals surface area contributed by atoms with Crippen LogP contribution in [-0.4, -0.2) is 36.1 Å². The second kappa shape index (κ2) is 12.6. The standard InChI is InChI=1S/C28H34N4O4S/c1-18(2)19-12-14-20(15-13-19)36-16-26-29-24(17-37-26)27(33)30-21-8-4-5-9-22(21)31-28(34)32-23-10-6-7-11-25(23)35-3/h6-7,10-15,17-18,21-22H,4-5,8-9,16H2,1-3H3,(H,30,33)(H2,31,32,34)/t21-,22-/m1/s1. The topological polar surface area (TPSA) is 102 Å². The Morgan fingerprint density at radius 1 is 1.03 bits per heavy atom. The molecule has 9 heteroatoms. The molecule has 3 aromatic rings. The van der Waals surface area contributed by atoms with Gasteiger partial charge in [-0.3, -0.25) is 4.79 Å². The molecule has 8 nitrogen and oxygen atoms in total. The fourth-order valence-corrected chi connectivity index (χ4v) is 5.05. The summed E-state index contributed by atoms with van der Waals surface area (Å²) < 4.78 is 11.2. The van der Waals surface area contributed by atoms with E-state index in [0.717, 1.165) is 36.4 Å². The van der Waals surface area contributed by atoms with Crippen LogP contribution in [0, 0.1) is 0 Å². The molecule has 0 saturated heterocycles. The molecule has 3 amide bonds. The van der Waals surface area contributed by atoms with Crippen LogP contribution < -0.4 is 25.4 Å². The van der Waals surface area contributed by atoms with Gasteiger partial charge in [0, 0.05) is 11.4 Å². The number of aromatic nitrogens is 1. The summed E-state index contributed by atoms with van der Waals surface area (Å²) in [5, 5.41) is 11.4. The quantitative estimate of drug-likeness (QED) is 0.334. The van der Waals surface area contributed by atoms with Crippen LogP contribution in [0.2, 0.25) is 0 Å². The lowest BCUT2D eigenvalue weighted by molar-refractivity contribution is 0.0911. The number of urea groups is 1. The van der Waals surface area contributed by atoms with Crippen molar-refractivity contribution in [2.45, 2.75) is 64.1 Å². The summed E-state index contributed by atoms with van der Waals surface area (Å²) in [5.41, 5.74) is 2.21. The number of amides is 3. The highest BCUT2D eigenvalue weighted by Gasteiger charge is 2.29. The number of nitrogens with one attached hydrogen (secondary N) is 3. The first kappa shape index (κ1) is 26.5. The molecule has 1 saturated carbocycles. The van der Waals surface area contributed by atoms with Crippen molar-refractivity contribution in [2.75, 3.05) is 12.4 Å². The first-order valence-electron chi connectivity index (χ1n) is 12.6. The molecule has 0 bridgehead atoms. The maximum Gasteiger partial charge on any atom is 0.319 e. The smallest absolute Gasteiger partial charge is 0.319 e. The van der Waals surface area contributed by atoms with E-state index >= 15 is 0 Å². The van der Waals surface area contributed by atoms with E-state index in [0.29, 0.717) is 29.7 Å². The molecule has 37 heavy (non-hydrogen) atoms. The number of para-hydroxylation sites is 2. The number of nitrogens with zero attached hydrogens (tertiary/aromatic N) is 1. The SMILES string of the molecule is COc1ccccc1NC(=O)N[C@@H]1CCCC[C@H]1NC(=O)c1csc(COc2ccc(C(C)C)cc2)n1. The van der Waals surface area contributed by atoms with Crippen molar-refractivity contribution in [3.63, 3.8) is 0 Å². The molecule has 0 unspecified atom stereocenters. The third-order valence-electron chi connectivity index (χ3n) is 6.45. The monoisotopic (exact) mass is 522 g/mol. The van der Waals surface area contributed by atoms with Crippen molar-refractivity contribution in [1.29, 1.82) is 0 Å². The molecule has 1 aliphatic carbocycles. The number of benzene rings is 2. The highest BCUT2D eigenvalue weighted by molar-refractivity contribution is 7.09. The van der Waals surface area contributed by atoms with Crippen molar-refractivity contribution in [1.82, 2.24) is 15.6 Å². The summed E-state index contributed by atoms with van der Waals surface area (Å²) in [6.07, 6.45) is 3.55. The first-order chi connectivity index (χ1) is 17.9. The van der Waals surface area contributed by atoms with Gasteiger partial charge >= 0.3 is 6.03 Å². The molecule has 196 valence electrons. The van der Waals surface area contributed by atoms with Crippen molar-refractivity contribution in [3.05, 3.63) is 70.2 Å². The van der Waals surface area contributed by atoms with Crippen LogP contribution in [-0.2, 0) is 6.61 Å². The largest absolute Gasteiger partial charge is 0.495 e. The molecule has 0 radical (unpaired) electrons. The number of carbonyl (C=O) groups is 2. The number of hydrogen-bond donors (Lipinski definition) is 3. The van der Waals surface area contributed by atoms with Crippen LogP contribution in [0.15, 0.2) is 53.9 Å². The molecule has 1 aromatic heterocycles. The summed E-state index contributed by atoms with van der Waals surface area (Å²) in [6, 6.07) is 14.6. The summed E-state index contributed by atoms with van der Waals surface area (Å²) in [7, 11) is 1.56. The third-order valence-corrected chi connectivity index (χ3v) is 7.27. The summed E-state index contributed by atoms with van der Waals surface area (Å²) in [5.74, 6) is 1.58. The van der Waals surface area contributed by atoms with Crippen molar-refractivity contribution >= 4 is 29.0 Å². The average molecular weight is 523 g/mol. The molecule has 4 rings (SSSR count). The van der Waals surface area contributed by atoms with Gasteiger partial charge in [0.15, 0.2) is 0 Å². The van der Waals surface area contributed by atoms with E-state index in [1.54, 1.807) is 24.6 Å². The fraction of sp³-hybridized carbons (Fsp3) is 0.393. The number of anilines is 1. The Morgan fingerprint density at radius 3 is 2.43 bits per heavy atom. The molecule has 0 spiro atoms. The number of thiazole rings is 1. The zero-order chi connectivity index (χ0) is 26.2. The van der Waals surface area contributed by atoms with Gasteiger partial charge in [-0.1, -0.05) is 51.0 Å². The van der Waals surface area contributed by atoms with Crippen molar-refractivity contribution in [2.24, 2.45) is 0 Å². The van der Waals surface area contributed by atoms with E-state index in [9.17, 15) is 9.59 Å². The molecular weight excluding hydrogens is 488 g/mol. The number of rotatable bonds is 9. The van der Waals surface area contributed by atoms with Gasteiger partial charge in [-0.25, -0.2) is 9.78 Å². The van der Waals surface area contributed by atoms with E-state index in [1.807, 2.05) is 24.3 Å². The Morgan fingerprint density at radius 2 is 1.73 bits per heavy atom. The zero-order valence-corrected chi connectivity index (χ0v) is 22.3. The molecule has 3 N–H and O–H groups in total. The third kappa shape index (κ3) is 7.22. The van der Waals surface area contributed by atoms with Gasteiger partial charge in [0.25, 0.3) is 5.91 Å². The molecule has 1 aliphatic rings. The predicted octanol–water partition coefficient (Wildman–Crippen LogP) is 5.72. The van der Waals surface area contributed by atoms with Crippen LogP contribution in [0.3, 0.4) is 0 Å². The molecular formula is C28H34N4O4S. The van der Waals surface area contributed by atoms with E-state index in [-0.39, 0.29) is 24.0 Å². The van der Waals surface area contributed by atoms with E-state index in [1.165, 1.54) is 16.9 Å². The second-order valence-corrected chi connectivity index (χ2v) is 10.4. The van der Waals surface area contributed by atoms with Crippen molar-refractivity contribution in [3.8, 4) is 11.5 Å². The van der Waals surface area contributed by atoms with Crippen molar-refractivity contribution < 1.29 is 19.1 Å². The van der Waals surface area contributed by atoms with Crippen LogP contribution in [0.1, 0.15) is 66.5 Å². The van der Waals surface area contributed by atoms with Crippen LogP contribution >= 0.6 is 11.3 Å². The van der Waals surface area contributed by atoms with Gasteiger partial charge in [-0.05, 0) is 48.6 Å². The number of methoxy groups -OCH3 is 1. The van der Waals surface area contributed by atoms with Gasteiger partial charge in [0.2, 0.25) is 0 Å². The Balaban J connectivity index is 1.30. The fourth-order valence-electron chi connectivity index (χ4n) is 4.37. The summed E-state index contributed by atoms with van der Waals surface area (Å²) in [4.78, 5) is 30.1. The Hall–Kier alpha value is -3.59. The van der Waals surface area contributed by atoms with E-state index in [4.69, 9.17) is 9.47 Å². The number of hydrogen-bond acceptors (Lipinski definition) is 6. The Kier molecular flexibility index (Phi) is 9.00. The lowest BCUT2D eigenvalue weighted by Gasteiger charge is -2.32. The van der Waals surface area contributed by atoms with Gasteiger partial charge in [-0.2, -0.15) is 0 Å². The molecule has 2 aromatic carbocycles. The minimum atomic E-state index is -0.329. The second-order valence-electron chi connectivity index (χ2n) is 9.41.